The van der Waals surface area contributed by atoms with Gasteiger partial charge < -0.3 is 14.6 Å². The molecule has 1 aliphatic rings. The Morgan fingerprint density at radius 1 is 1.32 bits per heavy atom. The lowest BCUT2D eigenvalue weighted by atomic mass is 9.95. The molecule has 0 saturated carbocycles. The summed E-state index contributed by atoms with van der Waals surface area (Å²) in [6.07, 6.45) is -0.497. The Labute approximate surface area is 129 Å². The molecule has 22 heavy (non-hydrogen) atoms. The van der Waals surface area contributed by atoms with Crippen LogP contribution in [0.1, 0.15) is 26.3 Å². The van der Waals surface area contributed by atoms with Crippen LogP contribution in [0.15, 0.2) is 24.3 Å². The van der Waals surface area contributed by atoms with E-state index in [2.05, 4.69) is 0 Å². The van der Waals surface area contributed by atoms with Gasteiger partial charge in [0.1, 0.15) is 5.60 Å². The number of aliphatic carboxylic acids is 1. The first kappa shape index (κ1) is 16.3. The van der Waals surface area contributed by atoms with Crippen molar-refractivity contribution < 1.29 is 24.2 Å². The number of methoxy groups -OCH3 is 1. The van der Waals surface area contributed by atoms with Gasteiger partial charge in [-0.2, -0.15) is 0 Å². The first-order valence-corrected chi connectivity index (χ1v) is 7.05. The van der Waals surface area contributed by atoms with Gasteiger partial charge in [-0.1, -0.05) is 18.2 Å². The summed E-state index contributed by atoms with van der Waals surface area (Å²) in [4.78, 5) is 25.7. The van der Waals surface area contributed by atoms with Crippen molar-refractivity contribution in [3.05, 3.63) is 29.8 Å². The van der Waals surface area contributed by atoms with E-state index < -0.39 is 23.2 Å². The summed E-state index contributed by atoms with van der Waals surface area (Å²) < 4.78 is 10.5. The number of carboxylic acid groups (broad SMARTS) is 1. The van der Waals surface area contributed by atoms with Crippen LogP contribution in [0.3, 0.4) is 0 Å². The molecule has 1 aliphatic heterocycles. The predicted octanol–water partition coefficient (Wildman–Crippen LogP) is 2.45. The van der Waals surface area contributed by atoms with E-state index in [0.29, 0.717) is 5.69 Å². The molecule has 120 valence electrons. The van der Waals surface area contributed by atoms with Crippen LogP contribution in [0.4, 0.5) is 10.5 Å². The SMILES string of the molecule is COCC1(C(=O)O)Cc2ccccc2N1C(=O)OC(C)(C)C. The zero-order valence-corrected chi connectivity index (χ0v) is 13.3. The third-order valence-corrected chi connectivity index (χ3v) is 3.50. The van der Waals surface area contributed by atoms with Gasteiger partial charge in [0.25, 0.3) is 0 Å². The van der Waals surface area contributed by atoms with Crippen LogP contribution in [0.5, 0.6) is 0 Å². The highest BCUT2D eigenvalue weighted by Crippen LogP contribution is 2.40. The zero-order valence-electron chi connectivity index (χ0n) is 13.3. The monoisotopic (exact) mass is 307 g/mol. The smallest absolute Gasteiger partial charge is 0.415 e. The number of amides is 1. The molecule has 0 radical (unpaired) electrons. The second-order valence-electron chi connectivity index (χ2n) is 6.39. The standard InChI is InChI=1S/C16H21NO5/c1-15(2,3)22-14(20)17-12-8-6-5-7-11(12)9-16(17,10-21-4)13(18)19/h5-8H,9-10H2,1-4H3,(H,18,19). The maximum absolute atomic E-state index is 12.6. The Bertz CT molecular complexity index is 592. The average molecular weight is 307 g/mol. The van der Waals surface area contributed by atoms with Crippen LogP contribution < -0.4 is 4.90 Å². The fourth-order valence-electron chi connectivity index (χ4n) is 2.67. The van der Waals surface area contributed by atoms with Crippen LogP contribution in [-0.4, -0.2) is 42.0 Å². The maximum Gasteiger partial charge on any atom is 0.415 e. The number of rotatable bonds is 3. The van der Waals surface area contributed by atoms with E-state index in [1.807, 2.05) is 12.1 Å². The third kappa shape index (κ3) is 2.78. The van der Waals surface area contributed by atoms with Crippen molar-refractivity contribution in [3.63, 3.8) is 0 Å². The largest absolute Gasteiger partial charge is 0.479 e. The number of carbonyl (C=O) groups excluding carboxylic acids is 1. The second-order valence-corrected chi connectivity index (χ2v) is 6.39. The van der Waals surface area contributed by atoms with Gasteiger partial charge in [0.2, 0.25) is 0 Å². The van der Waals surface area contributed by atoms with Gasteiger partial charge in [0, 0.05) is 13.5 Å². The topological polar surface area (TPSA) is 76.1 Å². The van der Waals surface area contributed by atoms with Crippen molar-refractivity contribution in [3.8, 4) is 0 Å². The summed E-state index contributed by atoms with van der Waals surface area (Å²) in [6, 6.07) is 7.12. The summed E-state index contributed by atoms with van der Waals surface area (Å²) >= 11 is 0. The van der Waals surface area contributed by atoms with Crippen LogP contribution >= 0.6 is 0 Å². The Hall–Kier alpha value is -2.08. The molecular formula is C16H21NO5. The molecule has 0 aromatic heterocycles. The Morgan fingerprint density at radius 3 is 2.50 bits per heavy atom. The number of carbonyl (C=O) groups is 2. The Balaban J connectivity index is 2.51. The highest BCUT2D eigenvalue weighted by Gasteiger charge is 2.54. The van der Waals surface area contributed by atoms with Crippen LogP contribution in [-0.2, 0) is 20.7 Å². The van der Waals surface area contributed by atoms with Gasteiger partial charge in [-0.05, 0) is 32.4 Å². The first-order chi connectivity index (χ1) is 10.2. The van der Waals surface area contributed by atoms with Crippen molar-refractivity contribution in [1.29, 1.82) is 0 Å². The van der Waals surface area contributed by atoms with Gasteiger partial charge in [0.15, 0.2) is 5.54 Å². The molecule has 1 amide bonds. The van der Waals surface area contributed by atoms with E-state index in [1.165, 1.54) is 12.0 Å². The van der Waals surface area contributed by atoms with Crippen molar-refractivity contribution in [2.45, 2.75) is 38.3 Å². The number of hydrogen-bond acceptors (Lipinski definition) is 4. The molecule has 1 atom stereocenters. The van der Waals surface area contributed by atoms with E-state index in [9.17, 15) is 14.7 Å². The Morgan fingerprint density at radius 2 is 1.95 bits per heavy atom. The summed E-state index contributed by atoms with van der Waals surface area (Å²) in [7, 11) is 1.42. The second kappa shape index (κ2) is 5.61. The molecule has 6 heteroatoms. The molecule has 0 spiro atoms. The van der Waals surface area contributed by atoms with Crippen LogP contribution in [0.2, 0.25) is 0 Å². The highest BCUT2D eigenvalue weighted by molar-refractivity contribution is 6.01. The third-order valence-electron chi connectivity index (χ3n) is 3.50. The van der Waals surface area contributed by atoms with Gasteiger partial charge in [-0.15, -0.1) is 0 Å². The maximum atomic E-state index is 12.6. The quantitative estimate of drug-likeness (QED) is 0.928. The summed E-state index contributed by atoms with van der Waals surface area (Å²) in [6.45, 7) is 5.11. The van der Waals surface area contributed by atoms with Crippen molar-refractivity contribution >= 4 is 17.7 Å². The normalized spacial score (nSPS) is 20.6. The molecule has 2 rings (SSSR count). The van der Waals surface area contributed by atoms with Gasteiger partial charge >= 0.3 is 12.1 Å². The minimum absolute atomic E-state index is 0.115. The number of ether oxygens (including phenoxy) is 2. The number of fused-ring (bicyclic) bond motifs is 1. The lowest BCUT2D eigenvalue weighted by Gasteiger charge is -2.35. The van der Waals surface area contributed by atoms with Crippen molar-refractivity contribution in [1.82, 2.24) is 0 Å². The molecule has 1 N–H and O–H groups in total. The van der Waals surface area contributed by atoms with Gasteiger partial charge in [-0.3, -0.25) is 4.90 Å². The van der Waals surface area contributed by atoms with E-state index in [-0.39, 0.29) is 13.0 Å². The van der Waals surface area contributed by atoms with Crippen LogP contribution in [0.25, 0.3) is 0 Å². The lowest BCUT2D eigenvalue weighted by molar-refractivity contribution is -0.145. The molecule has 0 bridgehead atoms. The number of para-hydroxylation sites is 1. The van der Waals surface area contributed by atoms with E-state index >= 15 is 0 Å². The molecule has 1 unspecified atom stereocenters. The van der Waals surface area contributed by atoms with Crippen molar-refractivity contribution in [2.24, 2.45) is 0 Å². The van der Waals surface area contributed by atoms with E-state index in [1.54, 1.807) is 32.9 Å². The Kier molecular flexibility index (Phi) is 4.15. The predicted molar refractivity (Wildman–Crippen MR) is 81.1 cm³/mol. The zero-order chi connectivity index (χ0) is 16.5. The first-order valence-electron chi connectivity index (χ1n) is 7.05. The number of carboxylic acids is 1. The minimum atomic E-state index is -1.49. The van der Waals surface area contributed by atoms with E-state index in [0.717, 1.165) is 5.56 Å². The fourth-order valence-corrected chi connectivity index (χ4v) is 2.67. The number of anilines is 1. The molecule has 1 heterocycles. The average Bonchev–Trinajstić information content (AvgIpc) is 2.72. The number of hydrogen-bond donors (Lipinski definition) is 1. The summed E-state index contributed by atoms with van der Waals surface area (Å²) in [5, 5.41) is 9.76. The van der Waals surface area contributed by atoms with E-state index in [4.69, 9.17) is 9.47 Å². The number of benzene rings is 1. The molecule has 0 fully saturated rings. The highest BCUT2D eigenvalue weighted by atomic mass is 16.6. The van der Waals surface area contributed by atoms with Gasteiger partial charge in [0.05, 0.1) is 12.3 Å². The molecule has 1 aromatic carbocycles. The molecular weight excluding hydrogens is 286 g/mol. The molecule has 1 aromatic rings. The molecule has 6 nitrogen and oxygen atoms in total. The number of nitrogens with zero attached hydrogens (tertiary/aromatic N) is 1. The summed E-state index contributed by atoms with van der Waals surface area (Å²) in [5.74, 6) is -1.11. The molecule has 0 aliphatic carbocycles. The fraction of sp³-hybridized carbons (Fsp3) is 0.500. The minimum Gasteiger partial charge on any atom is -0.479 e. The van der Waals surface area contributed by atoms with Crippen LogP contribution in [0, 0.1) is 0 Å². The summed E-state index contributed by atoms with van der Waals surface area (Å²) in [5.41, 5.74) is -0.865. The van der Waals surface area contributed by atoms with Crippen molar-refractivity contribution in [2.75, 3.05) is 18.6 Å². The van der Waals surface area contributed by atoms with Gasteiger partial charge in [-0.25, -0.2) is 9.59 Å². The molecule has 0 saturated heterocycles. The lowest BCUT2D eigenvalue weighted by Crippen LogP contribution is -2.59.